The Kier molecular flexibility index (Phi) is 4.32. The van der Waals surface area contributed by atoms with Crippen molar-refractivity contribution in [2.45, 2.75) is 44.8 Å². The fourth-order valence-electron chi connectivity index (χ4n) is 1.62. The van der Waals surface area contributed by atoms with Crippen LogP contribution in [-0.2, 0) is 4.74 Å². The number of halogens is 1. The maximum Gasteiger partial charge on any atom is 0.407 e. The molecule has 100 valence electrons. The van der Waals surface area contributed by atoms with Crippen molar-refractivity contribution >= 4 is 6.09 Å². The van der Waals surface area contributed by atoms with E-state index in [9.17, 15) is 14.4 Å². The summed E-state index contributed by atoms with van der Waals surface area (Å²) in [5.74, 6) is 0. The van der Waals surface area contributed by atoms with Crippen molar-refractivity contribution in [3.63, 3.8) is 0 Å². The van der Waals surface area contributed by atoms with Crippen LogP contribution in [0.5, 0.6) is 0 Å². The molecule has 0 bridgehead atoms. The number of carbonyl (C=O) groups excluding carboxylic acids is 1. The minimum Gasteiger partial charge on any atom is -0.444 e. The van der Waals surface area contributed by atoms with Gasteiger partial charge in [0.05, 0.1) is 5.60 Å². The van der Waals surface area contributed by atoms with Crippen molar-refractivity contribution < 1.29 is 19.1 Å². The fourth-order valence-corrected chi connectivity index (χ4v) is 1.62. The first-order valence-electron chi connectivity index (χ1n) is 5.80. The molecule has 0 aromatic carbocycles. The van der Waals surface area contributed by atoms with Crippen LogP contribution >= 0.6 is 0 Å². The number of hydrogen-bond donors (Lipinski definition) is 2. The van der Waals surface area contributed by atoms with Crippen LogP contribution in [0.3, 0.4) is 0 Å². The van der Waals surface area contributed by atoms with Gasteiger partial charge in [0.1, 0.15) is 5.60 Å². The highest BCUT2D eigenvalue weighted by atomic mass is 19.2. The van der Waals surface area contributed by atoms with E-state index in [2.05, 4.69) is 5.32 Å². The molecule has 2 N–H and O–H groups in total. The summed E-state index contributed by atoms with van der Waals surface area (Å²) in [5.41, 5.74) is -1.59. The molecular weight excluding hydrogens is 227 g/mol. The van der Waals surface area contributed by atoms with Crippen LogP contribution in [0.2, 0.25) is 0 Å². The van der Waals surface area contributed by atoms with E-state index in [1.54, 1.807) is 20.8 Å². The Bertz CT molecular complexity index is 270. The van der Waals surface area contributed by atoms with E-state index in [1.165, 1.54) is 0 Å². The number of nitrogens with zero attached hydrogens (tertiary/aromatic N) is 1. The number of alkyl carbamates (subject to hydrolysis) is 1. The van der Waals surface area contributed by atoms with E-state index < -0.39 is 17.3 Å². The summed E-state index contributed by atoms with van der Waals surface area (Å²) in [6, 6.07) is 0. The number of rotatable bonds is 2. The molecule has 1 rings (SSSR count). The monoisotopic (exact) mass is 248 g/mol. The fraction of sp³-hybridized carbons (Fsp3) is 0.909. The normalized spacial score (nSPS) is 21.0. The van der Waals surface area contributed by atoms with Crippen LogP contribution in [0, 0.1) is 0 Å². The van der Waals surface area contributed by atoms with Gasteiger partial charge in [0.2, 0.25) is 0 Å². The predicted octanol–water partition coefficient (Wildman–Crippen LogP) is 1.22. The lowest BCUT2D eigenvalue weighted by molar-refractivity contribution is -0.0816. The molecule has 0 saturated carbocycles. The van der Waals surface area contributed by atoms with E-state index in [-0.39, 0.29) is 19.6 Å². The van der Waals surface area contributed by atoms with Crippen molar-refractivity contribution in [2.75, 3.05) is 19.6 Å². The Morgan fingerprint density at radius 2 is 2.00 bits per heavy atom. The quantitative estimate of drug-likeness (QED) is 0.721. The van der Waals surface area contributed by atoms with Crippen molar-refractivity contribution in [1.29, 1.82) is 0 Å². The van der Waals surface area contributed by atoms with E-state index in [0.29, 0.717) is 18.0 Å². The number of ether oxygens (including phenoxy) is 1. The largest absolute Gasteiger partial charge is 0.444 e. The topological polar surface area (TPSA) is 61.8 Å². The third-order valence-electron chi connectivity index (χ3n) is 2.60. The third-order valence-corrected chi connectivity index (χ3v) is 2.60. The highest BCUT2D eigenvalue weighted by Crippen LogP contribution is 2.21. The van der Waals surface area contributed by atoms with Gasteiger partial charge in [-0.05, 0) is 33.6 Å². The average molecular weight is 248 g/mol. The molecule has 1 heterocycles. The molecule has 0 aliphatic carbocycles. The van der Waals surface area contributed by atoms with Crippen LogP contribution in [0.25, 0.3) is 0 Å². The number of carbonyl (C=O) groups is 1. The van der Waals surface area contributed by atoms with Crippen LogP contribution in [0.4, 0.5) is 9.28 Å². The maximum absolute atomic E-state index is 12.8. The van der Waals surface area contributed by atoms with Crippen LogP contribution < -0.4 is 5.32 Å². The summed E-state index contributed by atoms with van der Waals surface area (Å²) in [6.07, 6.45) is 0.0482. The number of nitrogens with one attached hydrogen (secondary N) is 1. The Hall–Kier alpha value is -0.880. The van der Waals surface area contributed by atoms with Crippen LogP contribution in [0.1, 0.15) is 33.6 Å². The zero-order chi connectivity index (χ0) is 13.1. The lowest BCUT2D eigenvalue weighted by atomic mass is 9.92. The highest BCUT2D eigenvalue weighted by Gasteiger charge is 2.33. The maximum atomic E-state index is 12.8. The van der Waals surface area contributed by atoms with Gasteiger partial charge in [-0.3, -0.25) is 0 Å². The summed E-state index contributed by atoms with van der Waals surface area (Å²) < 4.78 is 17.8. The molecule has 1 amide bonds. The van der Waals surface area contributed by atoms with Crippen molar-refractivity contribution in [3.05, 3.63) is 0 Å². The second-order valence-corrected chi connectivity index (χ2v) is 5.49. The van der Waals surface area contributed by atoms with Gasteiger partial charge in [-0.25, -0.2) is 4.79 Å². The Labute approximate surface area is 101 Å². The summed E-state index contributed by atoms with van der Waals surface area (Å²) in [6.45, 7) is 5.77. The second-order valence-electron chi connectivity index (χ2n) is 5.49. The van der Waals surface area contributed by atoms with Gasteiger partial charge in [0, 0.05) is 19.6 Å². The minimum absolute atomic E-state index is 0.0930. The Balaban J connectivity index is 2.32. The van der Waals surface area contributed by atoms with Crippen molar-refractivity contribution in [3.8, 4) is 0 Å². The van der Waals surface area contributed by atoms with E-state index in [1.807, 2.05) is 0 Å². The molecule has 0 atom stereocenters. The van der Waals surface area contributed by atoms with Gasteiger partial charge in [-0.2, -0.15) is 0 Å². The molecule has 0 spiro atoms. The molecule has 17 heavy (non-hydrogen) atoms. The van der Waals surface area contributed by atoms with Crippen molar-refractivity contribution in [2.24, 2.45) is 0 Å². The lowest BCUT2D eigenvalue weighted by Gasteiger charge is -2.34. The van der Waals surface area contributed by atoms with Gasteiger partial charge in [0.15, 0.2) is 0 Å². The number of piperidine rings is 1. The highest BCUT2D eigenvalue weighted by molar-refractivity contribution is 5.67. The zero-order valence-corrected chi connectivity index (χ0v) is 10.6. The van der Waals surface area contributed by atoms with Crippen LogP contribution in [0.15, 0.2) is 0 Å². The molecule has 6 heteroatoms. The third kappa shape index (κ3) is 5.32. The molecule has 0 aromatic heterocycles. The summed E-state index contributed by atoms with van der Waals surface area (Å²) in [7, 11) is 0. The zero-order valence-electron chi connectivity index (χ0n) is 10.6. The SMILES string of the molecule is CC(C)(C)OC(=O)NCC1(O)CCN(F)CC1. The van der Waals surface area contributed by atoms with Crippen LogP contribution in [-0.4, -0.2) is 47.2 Å². The first kappa shape index (κ1) is 14.2. The first-order valence-corrected chi connectivity index (χ1v) is 5.80. The first-order chi connectivity index (χ1) is 7.70. The molecular formula is C11H21FN2O3. The summed E-state index contributed by atoms with van der Waals surface area (Å²) >= 11 is 0. The van der Waals surface area contributed by atoms with Gasteiger partial charge in [-0.15, -0.1) is 9.60 Å². The molecule has 1 aliphatic heterocycles. The van der Waals surface area contributed by atoms with E-state index in [4.69, 9.17) is 4.74 Å². The second kappa shape index (κ2) is 5.18. The Morgan fingerprint density at radius 3 is 2.47 bits per heavy atom. The lowest BCUT2D eigenvalue weighted by Crippen LogP contribution is -2.50. The molecule has 5 nitrogen and oxygen atoms in total. The number of amides is 1. The Morgan fingerprint density at radius 1 is 1.47 bits per heavy atom. The van der Waals surface area contributed by atoms with Gasteiger partial charge >= 0.3 is 6.09 Å². The van der Waals surface area contributed by atoms with Gasteiger partial charge < -0.3 is 15.2 Å². The van der Waals surface area contributed by atoms with E-state index in [0.717, 1.165) is 0 Å². The molecule has 1 saturated heterocycles. The molecule has 0 aromatic rings. The van der Waals surface area contributed by atoms with Gasteiger partial charge in [-0.1, -0.05) is 0 Å². The number of hydrogen-bond acceptors (Lipinski definition) is 4. The summed E-state index contributed by atoms with van der Waals surface area (Å²) in [5, 5.41) is 13.3. The molecule has 0 radical (unpaired) electrons. The standard InChI is InChI=1S/C11H21FN2O3/c1-10(2,3)17-9(15)13-8-11(16)4-6-14(12)7-5-11/h16H,4-8H2,1-3H3,(H,13,15). The summed E-state index contributed by atoms with van der Waals surface area (Å²) in [4.78, 5) is 11.4. The average Bonchev–Trinajstić information content (AvgIpc) is 2.18. The molecule has 1 fully saturated rings. The minimum atomic E-state index is -1.03. The molecule has 0 unspecified atom stereocenters. The van der Waals surface area contributed by atoms with E-state index >= 15 is 0 Å². The van der Waals surface area contributed by atoms with Crippen molar-refractivity contribution in [1.82, 2.24) is 10.4 Å². The smallest absolute Gasteiger partial charge is 0.407 e. The predicted molar refractivity (Wildman–Crippen MR) is 61.1 cm³/mol. The number of aliphatic hydroxyl groups is 1. The molecule has 1 aliphatic rings. The van der Waals surface area contributed by atoms with Gasteiger partial charge in [0.25, 0.3) is 0 Å².